The lowest BCUT2D eigenvalue weighted by Crippen LogP contribution is -2.28. The largest absolute Gasteiger partial charge is 0.322 e. The van der Waals surface area contributed by atoms with Crippen molar-refractivity contribution in [1.82, 2.24) is 4.31 Å². The molecule has 3 rings (SSSR count). The van der Waals surface area contributed by atoms with Crippen LogP contribution in [0.4, 0.5) is 10.1 Å². The van der Waals surface area contributed by atoms with Gasteiger partial charge < -0.3 is 5.32 Å². The molecule has 0 aromatic heterocycles. The maximum absolute atomic E-state index is 13.2. The molecule has 1 fully saturated rings. The van der Waals surface area contributed by atoms with Crippen molar-refractivity contribution in [1.29, 1.82) is 0 Å². The van der Waals surface area contributed by atoms with Crippen LogP contribution in [0.15, 0.2) is 47.4 Å². The molecule has 8 heteroatoms. The zero-order valence-corrected chi connectivity index (χ0v) is 14.8. The molecule has 0 aliphatic carbocycles. The fourth-order valence-corrected chi connectivity index (χ4v) is 4.43. The van der Waals surface area contributed by atoms with Crippen molar-refractivity contribution in [2.24, 2.45) is 0 Å². The van der Waals surface area contributed by atoms with Crippen molar-refractivity contribution >= 4 is 33.2 Å². The fourth-order valence-electron chi connectivity index (χ4n) is 2.68. The highest BCUT2D eigenvalue weighted by molar-refractivity contribution is 7.89. The second kappa shape index (κ2) is 7.11. The van der Waals surface area contributed by atoms with Crippen LogP contribution < -0.4 is 5.32 Å². The van der Waals surface area contributed by atoms with Crippen molar-refractivity contribution in [3.63, 3.8) is 0 Å². The minimum absolute atomic E-state index is 0.0168. The number of halogens is 2. The van der Waals surface area contributed by atoms with Gasteiger partial charge in [-0.05, 0) is 49.2 Å². The summed E-state index contributed by atoms with van der Waals surface area (Å²) in [4.78, 5) is 12.4. The van der Waals surface area contributed by atoms with Gasteiger partial charge in [-0.15, -0.1) is 0 Å². The molecule has 0 unspecified atom stereocenters. The van der Waals surface area contributed by atoms with Crippen LogP contribution in [0, 0.1) is 5.82 Å². The number of hydrogen-bond donors (Lipinski definition) is 1. The number of rotatable bonds is 4. The van der Waals surface area contributed by atoms with E-state index in [0.29, 0.717) is 13.1 Å². The Morgan fingerprint density at radius 1 is 1.12 bits per heavy atom. The van der Waals surface area contributed by atoms with Crippen molar-refractivity contribution < 1.29 is 17.6 Å². The maximum atomic E-state index is 13.2. The molecule has 25 heavy (non-hydrogen) atoms. The lowest BCUT2D eigenvalue weighted by molar-refractivity contribution is 0.102. The summed E-state index contributed by atoms with van der Waals surface area (Å²) in [5.41, 5.74) is 0.278. The number of carbonyl (C=O) groups is 1. The number of sulfonamides is 1. The van der Waals surface area contributed by atoms with Gasteiger partial charge in [0.15, 0.2) is 0 Å². The standard InChI is InChI=1S/C17H16ClFN2O3S/c18-16-7-6-14(25(23,24)21-8-1-2-9-21)11-15(16)17(22)20-13-5-3-4-12(19)10-13/h3-7,10-11H,1-2,8-9H2,(H,20,22). The van der Waals surface area contributed by atoms with Crippen LogP contribution in [0.1, 0.15) is 23.2 Å². The summed E-state index contributed by atoms with van der Waals surface area (Å²) in [5.74, 6) is -1.09. The highest BCUT2D eigenvalue weighted by Crippen LogP contribution is 2.26. The van der Waals surface area contributed by atoms with Crippen LogP contribution in [-0.2, 0) is 10.0 Å². The number of anilines is 1. The van der Waals surface area contributed by atoms with Crippen molar-refractivity contribution in [3.05, 3.63) is 58.9 Å². The number of hydrogen-bond acceptors (Lipinski definition) is 3. The Morgan fingerprint density at radius 2 is 1.84 bits per heavy atom. The molecule has 132 valence electrons. The highest BCUT2D eigenvalue weighted by Gasteiger charge is 2.28. The van der Waals surface area contributed by atoms with Crippen molar-refractivity contribution in [2.45, 2.75) is 17.7 Å². The first-order valence-electron chi connectivity index (χ1n) is 7.74. The van der Waals surface area contributed by atoms with Gasteiger partial charge in [0, 0.05) is 18.8 Å². The van der Waals surface area contributed by atoms with Gasteiger partial charge in [0.05, 0.1) is 15.5 Å². The Balaban J connectivity index is 1.90. The molecule has 1 aliphatic rings. The van der Waals surface area contributed by atoms with E-state index in [0.717, 1.165) is 18.9 Å². The highest BCUT2D eigenvalue weighted by atomic mass is 35.5. The van der Waals surface area contributed by atoms with E-state index in [4.69, 9.17) is 11.6 Å². The first-order valence-corrected chi connectivity index (χ1v) is 9.56. The lowest BCUT2D eigenvalue weighted by Gasteiger charge is -2.16. The Hall–Kier alpha value is -1.96. The third-order valence-electron chi connectivity index (χ3n) is 3.97. The minimum Gasteiger partial charge on any atom is -0.322 e. The van der Waals surface area contributed by atoms with Crippen LogP contribution >= 0.6 is 11.6 Å². The maximum Gasteiger partial charge on any atom is 0.257 e. The molecule has 2 aromatic rings. The molecule has 0 saturated carbocycles. The van der Waals surface area contributed by atoms with Crippen molar-refractivity contribution in [2.75, 3.05) is 18.4 Å². The molecule has 2 aromatic carbocycles. The van der Waals surface area contributed by atoms with E-state index in [2.05, 4.69) is 5.32 Å². The van der Waals surface area contributed by atoms with Crippen LogP contribution in [0.25, 0.3) is 0 Å². The molecule has 0 spiro atoms. The molecular weight excluding hydrogens is 367 g/mol. The molecule has 0 radical (unpaired) electrons. The van der Waals surface area contributed by atoms with E-state index in [-0.39, 0.29) is 21.2 Å². The molecular formula is C17H16ClFN2O3S. The van der Waals surface area contributed by atoms with Gasteiger partial charge in [0.2, 0.25) is 10.0 Å². The molecule has 0 atom stereocenters. The van der Waals surface area contributed by atoms with Gasteiger partial charge >= 0.3 is 0 Å². The van der Waals surface area contributed by atoms with E-state index in [1.165, 1.54) is 40.7 Å². The number of nitrogens with one attached hydrogen (secondary N) is 1. The summed E-state index contributed by atoms with van der Waals surface area (Å²) in [6.45, 7) is 0.936. The lowest BCUT2D eigenvalue weighted by atomic mass is 10.2. The monoisotopic (exact) mass is 382 g/mol. The smallest absolute Gasteiger partial charge is 0.257 e. The predicted octanol–water partition coefficient (Wildman–Crippen LogP) is 3.52. The SMILES string of the molecule is O=C(Nc1cccc(F)c1)c1cc(S(=O)(=O)N2CCCC2)ccc1Cl. The average molecular weight is 383 g/mol. The molecule has 1 amide bonds. The predicted molar refractivity (Wildman–Crippen MR) is 93.8 cm³/mol. The van der Waals surface area contributed by atoms with E-state index in [1.54, 1.807) is 0 Å². The molecule has 5 nitrogen and oxygen atoms in total. The molecule has 1 N–H and O–H groups in total. The van der Waals surface area contributed by atoms with E-state index < -0.39 is 21.7 Å². The number of carbonyl (C=O) groups excluding carboxylic acids is 1. The van der Waals surface area contributed by atoms with Gasteiger partial charge in [0.25, 0.3) is 5.91 Å². The second-order valence-electron chi connectivity index (χ2n) is 5.72. The second-order valence-corrected chi connectivity index (χ2v) is 8.06. The summed E-state index contributed by atoms with van der Waals surface area (Å²) in [6.07, 6.45) is 1.64. The zero-order valence-electron chi connectivity index (χ0n) is 13.2. The number of nitrogens with zero attached hydrogens (tertiary/aromatic N) is 1. The molecule has 1 saturated heterocycles. The average Bonchev–Trinajstić information content (AvgIpc) is 3.10. The molecule has 0 bridgehead atoms. The van der Waals surface area contributed by atoms with Crippen LogP contribution in [-0.4, -0.2) is 31.7 Å². The van der Waals surface area contributed by atoms with Crippen LogP contribution in [0.5, 0.6) is 0 Å². The summed E-state index contributed by atoms with van der Waals surface area (Å²) in [6, 6.07) is 9.42. The van der Waals surface area contributed by atoms with Crippen LogP contribution in [0.3, 0.4) is 0 Å². The van der Waals surface area contributed by atoms with Gasteiger partial charge in [-0.1, -0.05) is 17.7 Å². The van der Waals surface area contributed by atoms with Crippen LogP contribution in [0.2, 0.25) is 5.02 Å². The summed E-state index contributed by atoms with van der Waals surface area (Å²) in [7, 11) is -3.66. The van der Waals surface area contributed by atoms with E-state index >= 15 is 0 Å². The normalized spacial score (nSPS) is 15.3. The summed E-state index contributed by atoms with van der Waals surface area (Å²) >= 11 is 6.06. The summed E-state index contributed by atoms with van der Waals surface area (Å²) in [5, 5.41) is 2.64. The van der Waals surface area contributed by atoms with E-state index in [9.17, 15) is 17.6 Å². The Labute approximate surface area is 150 Å². The Bertz CT molecular complexity index is 912. The Kier molecular flexibility index (Phi) is 5.08. The Morgan fingerprint density at radius 3 is 2.52 bits per heavy atom. The molecule has 1 aliphatic heterocycles. The number of benzene rings is 2. The third-order valence-corrected chi connectivity index (χ3v) is 6.19. The van der Waals surface area contributed by atoms with E-state index in [1.807, 2.05) is 0 Å². The first kappa shape index (κ1) is 17.8. The number of amides is 1. The van der Waals surface area contributed by atoms with Gasteiger partial charge in [0.1, 0.15) is 5.82 Å². The topological polar surface area (TPSA) is 66.5 Å². The quantitative estimate of drug-likeness (QED) is 0.879. The van der Waals surface area contributed by atoms with Gasteiger partial charge in [-0.2, -0.15) is 4.31 Å². The van der Waals surface area contributed by atoms with Gasteiger partial charge in [-0.3, -0.25) is 4.79 Å². The first-order chi connectivity index (χ1) is 11.9. The van der Waals surface area contributed by atoms with Gasteiger partial charge in [-0.25, -0.2) is 12.8 Å². The molecule has 1 heterocycles. The van der Waals surface area contributed by atoms with Crippen molar-refractivity contribution in [3.8, 4) is 0 Å². The third kappa shape index (κ3) is 3.84. The zero-order chi connectivity index (χ0) is 18.0. The summed E-state index contributed by atoms with van der Waals surface area (Å²) < 4.78 is 39.9. The minimum atomic E-state index is -3.66. The fraction of sp³-hybridized carbons (Fsp3) is 0.235.